The van der Waals surface area contributed by atoms with Crippen molar-refractivity contribution in [2.24, 2.45) is 5.92 Å². The lowest BCUT2D eigenvalue weighted by molar-refractivity contribution is 0.654. The maximum atomic E-state index is 10.6. The zero-order valence-corrected chi connectivity index (χ0v) is 6.99. The first-order valence-electron chi connectivity index (χ1n) is 3.36. The standard InChI is InChI=1S/C7H11NOS/c1-5(2)3-6-4-7(9)8-10-6/h4-5H,3H2,1-2H3,(H,8,9). The van der Waals surface area contributed by atoms with E-state index in [9.17, 15) is 4.79 Å². The fraction of sp³-hybridized carbons (Fsp3) is 0.571. The molecule has 10 heavy (non-hydrogen) atoms. The van der Waals surface area contributed by atoms with E-state index >= 15 is 0 Å². The predicted molar refractivity (Wildman–Crippen MR) is 43.5 cm³/mol. The van der Waals surface area contributed by atoms with E-state index in [0.717, 1.165) is 11.3 Å². The van der Waals surface area contributed by atoms with Crippen LogP contribution in [0.25, 0.3) is 0 Å². The Bertz CT molecular complexity index is 248. The summed E-state index contributed by atoms with van der Waals surface area (Å²) in [6.45, 7) is 4.29. The Morgan fingerprint density at radius 2 is 2.40 bits per heavy atom. The van der Waals surface area contributed by atoms with Gasteiger partial charge < -0.3 is 0 Å². The molecule has 0 fully saturated rings. The van der Waals surface area contributed by atoms with Crippen LogP contribution >= 0.6 is 11.5 Å². The van der Waals surface area contributed by atoms with Crippen LogP contribution in [0.3, 0.4) is 0 Å². The quantitative estimate of drug-likeness (QED) is 0.695. The van der Waals surface area contributed by atoms with Gasteiger partial charge in [0, 0.05) is 10.9 Å². The Morgan fingerprint density at radius 1 is 1.70 bits per heavy atom. The Morgan fingerprint density at radius 3 is 2.80 bits per heavy atom. The van der Waals surface area contributed by atoms with Gasteiger partial charge in [-0.05, 0) is 12.3 Å². The van der Waals surface area contributed by atoms with Gasteiger partial charge in [0.1, 0.15) is 0 Å². The lowest BCUT2D eigenvalue weighted by Crippen LogP contribution is -1.94. The average Bonchev–Trinajstić information content (AvgIpc) is 2.13. The Hall–Kier alpha value is -0.570. The fourth-order valence-electron chi connectivity index (χ4n) is 0.824. The van der Waals surface area contributed by atoms with Crippen molar-refractivity contribution >= 4 is 11.5 Å². The van der Waals surface area contributed by atoms with E-state index in [-0.39, 0.29) is 5.56 Å². The highest BCUT2D eigenvalue weighted by molar-refractivity contribution is 7.05. The highest BCUT2D eigenvalue weighted by Crippen LogP contribution is 2.08. The third kappa shape index (κ3) is 1.99. The van der Waals surface area contributed by atoms with E-state index in [0.29, 0.717) is 5.92 Å². The normalized spacial score (nSPS) is 10.7. The van der Waals surface area contributed by atoms with E-state index in [1.54, 1.807) is 6.07 Å². The molecule has 0 atom stereocenters. The van der Waals surface area contributed by atoms with Crippen LogP contribution in [0.2, 0.25) is 0 Å². The molecule has 3 heteroatoms. The summed E-state index contributed by atoms with van der Waals surface area (Å²) in [6.07, 6.45) is 1.00. The third-order valence-electron chi connectivity index (χ3n) is 1.18. The van der Waals surface area contributed by atoms with E-state index in [4.69, 9.17) is 0 Å². The van der Waals surface area contributed by atoms with E-state index in [1.807, 2.05) is 0 Å². The van der Waals surface area contributed by atoms with Crippen molar-refractivity contribution in [3.8, 4) is 0 Å². The molecule has 0 aliphatic heterocycles. The molecular formula is C7H11NOS. The minimum atomic E-state index is 0.0284. The molecule has 0 saturated heterocycles. The first kappa shape index (κ1) is 7.54. The van der Waals surface area contributed by atoms with Gasteiger partial charge in [-0.1, -0.05) is 25.4 Å². The van der Waals surface area contributed by atoms with Crippen molar-refractivity contribution in [3.05, 3.63) is 21.3 Å². The minimum absolute atomic E-state index is 0.0284. The van der Waals surface area contributed by atoms with Crippen molar-refractivity contribution in [3.63, 3.8) is 0 Å². The third-order valence-corrected chi connectivity index (χ3v) is 2.03. The molecule has 56 valence electrons. The van der Waals surface area contributed by atoms with Gasteiger partial charge in [0.2, 0.25) is 0 Å². The zero-order valence-electron chi connectivity index (χ0n) is 6.18. The van der Waals surface area contributed by atoms with Crippen LogP contribution in [0.5, 0.6) is 0 Å². The highest BCUT2D eigenvalue weighted by Gasteiger charge is 1.99. The Balaban J connectivity index is 2.67. The van der Waals surface area contributed by atoms with E-state index in [2.05, 4.69) is 18.2 Å². The highest BCUT2D eigenvalue weighted by atomic mass is 32.1. The lowest BCUT2D eigenvalue weighted by Gasteiger charge is -1.97. The van der Waals surface area contributed by atoms with Gasteiger partial charge in [-0.25, -0.2) is 0 Å². The summed E-state index contributed by atoms with van der Waals surface area (Å²) < 4.78 is 2.66. The molecule has 0 aromatic carbocycles. The Kier molecular flexibility index (Phi) is 2.27. The van der Waals surface area contributed by atoms with Crippen molar-refractivity contribution in [1.29, 1.82) is 0 Å². The maximum absolute atomic E-state index is 10.6. The maximum Gasteiger partial charge on any atom is 0.258 e. The number of aromatic nitrogens is 1. The summed E-state index contributed by atoms with van der Waals surface area (Å²) in [5, 5.41) is 0. The van der Waals surface area contributed by atoms with Crippen molar-refractivity contribution in [1.82, 2.24) is 4.37 Å². The smallest absolute Gasteiger partial charge is 0.258 e. The molecule has 0 unspecified atom stereocenters. The van der Waals surface area contributed by atoms with Crippen LogP contribution in [0, 0.1) is 5.92 Å². The molecule has 1 aromatic heterocycles. The second kappa shape index (κ2) is 3.01. The number of H-pyrrole nitrogens is 1. The van der Waals surface area contributed by atoms with Gasteiger partial charge in [0.25, 0.3) is 5.56 Å². The molecule has 0 amide bonds. The molecule has 0 radical (unpaired) electrons. The van der Waals surface area contributed by atoms with Gasteiger partial charge in [-0.15, -0.1) is 0 Å². The molecule has 0 saturated carbocycles. The molecule has 1 N–H and O–H groups in total. The van der Waals surface area contributed by atoms with Gasteiger partial charge in [-0.3, -0.25) is 9.17 Å². The first-order valence-corrected chi connectivity index (χ1v) is 4.17. The van der Waals surface area contributed by atoms with Crippen molar-refractivity contribution < 1.29 is 0 Å². The molecule has 1 aromatic rings. The van der Waals surface area contributed by atoms with Gasteiger partial charge >= 0.3 is 0 Å². The summed E-state index contributed by atoms with van der Waals surface area (Å²) in [5.74, 6) is 0.631. The van der Waals surface area contributed by atoms with Crippen LogP contribution < -0.4 is 5.56 Å². The van der Waals surface area contributed by atoms with Crippen LogP contribution in [-0.2, 0) is 6.42 Å². The predicted octanol–water partition coefficient (Wildman–Crippen LogP) is 1.63. The summed E-state index contributed by atoms with van der Waals surface area (Å²) in [4.78, 5) is 11.8. The topological polar surface area (TPSA) is 32.9 Å². The molecule has 2 nitrogen and oxygen atoms in total. The number of aromatic amines is 1. The van der Waals surface area contributed by atoms with Crippen LogP contribution in [0.4, 0.5) is 0 Å². The van der Waals surface area contributed by atoms with Crippen molar-refractivity contribution in [2.45, 2.75) is 20.3 Å². The van der Waals surface area contributed by atoms with Gasteiger partial charge in [0.05, 0.1) is 0 Å². The number of hydrogen-bond acceptors (Lipinski definition) is 2. The molecular weight excluding hydrogens is 146 g/mol. The largest absolute Gasteiger partial charge is 0.278 e. The van der Waals surface area contributed by atoms with Crippen LogP contribution in [0.15, 0.2) is 10.9 Å². The first-order chi connectivity index (χ1) is 4.68. The molecule has 0 bridgehead atoms. The minimum Gasteiger partial charge on any atom is -0.278 e. The number of rotatable bonds is 2. The van der Waals surface area contributed by atoms with E-state index in [1.165, 1.54) is 11.5 Å². The summed E-state index contributed by atoms with van der Waals surface area (Å²) >= 11 is 1.44. The van der Waals surface area contributed by atoms with Gasteiger partial charge in [-0.2, -0.15) is 0 Å². The summed E-state index contributed by atoms with van der Waals surface area (Å²) in [5.41, 5.74) is 0.0284. The SMILES string of the molecule is CC(C)Cc1cc(=O)[nH]s1. The zero-order chi connectivity index (χ0) is 7.56. The number of nitrogens with one attached hydrogen (secondary N) is 1. The van der Waals surface area contributed by atoms with Gasteiger partial charge in [0.15, 0.2) is 0 Å². The Labute approximate surface area is 64.1 Å². The monoisotopic (exact) mass is 157 g/mol. The summed E-state index contributed by atoms with van der Waals surface area (Å²) in [7, 11) is 0. The molecule has 0 spiro atoms. The second-order valence-electron chi connectivity index (χ2n) is 2.78. The van der Waals surface area contributed by atoms with E-state index < -0.39 is 0 Å². The molecule has 1 rings (SSSR count). The average molecular weight is 157 g/mol. The number of hydrogen-bond donors (Lipinski definition) is 1. The van der Waals surface area contributed by atoms with Crippen LogP contribution in [0.1, 0.15) is 18.7 Å². The lowest BCUT2D eigenvalue weighted by atomic mass is 10.1. The molecule has 0 aliphatic rings. The second-order valence-corrected chi connectivity index (χ2v) is 3.71. The molecule has 0 aliphatic carbocycles. The van der Waals surface area contributed by atoms with Crippen molar-refractivity contribution in [2.75, 3.05) is 0 Å². The fourth-order valence-corrected chi connectivity index (χ4v) is 1.70. The summed E-state index contributed by atoms with van der Waals surface area (Å²) in [6, 6.07) is 1.67. The molecule has 1 heterocycles. The van der Waals surface area contributed by atoms with Crippen LogP contribution in [-0.4, -0.2) is 4.37 Å².